The van der Waals surface area contributed by atoms with Gasteiger partial charge in [0.05, 0.1) is 18.0 Å². The standard InChI is InChI=1S/C19H24N6O5/c1-11(2)18(28)29-7-13-15(26)16(27)19(8-20,30-13)14-6-5-12-17(22-10-24(3)4)21-9-23-25(12)14/h5-6,9-11,13,15-16,26-27H,7H2,1-4H3/b22-10-/t13-,15-,16-,19+/m1/s1. The maximum Gasteiger partial charge on any atom is 0.308 e. The van der Waals surface area contributed by atoms with E-state index in [-0.39, 0.29) is 18.2 Å². The first-order valence-electron chi connectivity index (χ1n) is 9.37. The van der Waals surface area contributed by atoms with Crippen molar-refractivity contribution in [2.24, 2.45) is 10.9 Å². The minimum Gasteiger partial charge on any atom is -0.463 e. The second-order valence-corrected chi connectivity index (χ2v) is 7.53. The van der Waals surface area contributed by atoms with Crippen LogP contribution in [0.25, 0.3) is 5.52 Å². The Labute approximate surface area is 173 Å². The largest absolute Gasteiger partial charge is 0.463 e. The highest BCUT2D eigenvalue weighted by atomic mass is 16.6. The normalized spacial score (nSPS) is 26.4. The van der Waals surface area contributed by atoms with Crippen LogP contribution in [0.3, 0.4) is 0 Å². The summed E-state index contributed by atoms with van der Waals surface area (Å²) in [6.07, 6.45) is -1.28. The maximum atomic E-state index is 11.7. The van der Waals surface area contributed by atoms with Gasteiger partial charge in [0.2, 0.25) is 5.60 Å². The lowest BCUT2D eigenvalue weighted by Crippen LogP contribution is -2.41. The smallest absolute Gasteiger partial charge is 0.308 e. The minimum absolute atomic E-state index is 0.202. The fourth-order valence-electron chi connectivity index (χ4n) is 3.12. The van der Waals surface area contributed by atoms with Crippen LogP contribution in [0, 0.1) is 17.2 Å². The molecule has 1 aliphatic rings. The molecular formula is C19H24N6O5. The quantitative estimate of drug-likeness (QED) is 0.377. The molecule has 0 saturated carbocycles. The van der Waals surface area contributed by atoms with Gasteiger partial charge < -0.3 is 24.6 Å². The van der Waals surface area contributed by atoms with E-state index >= 15 is 0 Å². The van der Waals surface area contributed by atoms with E-state index in [4.69, 9.17) is 9.47 Å². The Bertz CT molecular complexity index is 997. The van der Waals surface area contributed by atoms with E-state index in [1.165, 1.54) is 10.8 Å². The lowest BCUT2D eigenvalue weighted by molar-refractivity contribution is -0.154. The number of nitriles is 1. The average molecular weight is 416 g/mol. The molecule has 1 fully saturated rings. The third-order valence-corrected chi connectivity index (χ3v) is 4.71. The summed E-state index contributed by atoms with van der Waals surface area (Å²) in [5.41, 5.74) is -1.23. The van der Waals surface area contributed by atoms with Crippen molar-refractivity contribution in [1.82, 2.24) is 19.5 Å². The van der Waals surface area contributed by atoms with E-state index < -0.39 is 29.9 Å². The number of aromatic nitrogens is 3. The first kappa shape index (κ1) is 21.6. The fraction of sp³-hybridized carbons (Fsp3) is 0.526. The zero-order valence-electron chi connectivity index (χ0n) is 17.1. The summed E-state index contributed by atoms with van der Waals surface area (Å²) in [7, 11) is 3.62. The van der Waals surface area contributed by atoms with E-state index in [0.29, 0.717) is 11.3 Å². The van der Waals surface area contributed by atoms with Crippen LogP contribution in [0.4, 0.5) is 5.82 Å². The Balaban J connectivity index is 1.97. The number of fused-ring (bicyclic) bond motifs is 1. The molecule has 0 aromatic carbocycles. The number of esters is 1. The third-order valence-electron chi connectivity index (χ3n) is 4.71. The van der Waals surface area contributed by atoms with E-state index in [0.717, 1.165) is 0 Å². The van der Waals surface area contributed by atoms with Gasteiger partial charge in [0.15, 0.2) is 5.82 Å². The molecule has 2 aromatic rings. The monoisotopic (exact) mass is 416 g/mol. The molecule has 0 bridgehead atoms. The van der Waals surface area contributed by atoms with Crippen molar-refractivity contribution in [2.45, 2.75) is 37.8 Å². The Morgan fingerprint density at radius 3 is 2.87 bits per heavy atom. The van der Waals surface area contributed by atoms with Gasteiger partial charge in [0, 0.05) is 14.1 Å². The summed E-state index contributed by atoms with van der Waals surface area (Å²) in [5, 5.41) is 35.2. The van der Waals surface area contributed by atoms with Crippen molar-refractivity contribution in [2.75, 3.05) is 20.7 Å². The Hall–Kier alpha value is -3.07. The van der Waals surface area contributed by atoms with Gasteiger partial charge in [-0.05, 0) is 12.1 Å². The van der Waals surface area contributed by atoms with Gasteiger partial charge in [-0.3, -0.25) is 4.79 Å². The van der Waals surface area contributed by atoms with Crippen LogP contribution in [0.15, 0.2) is 23.5 Å². The molecule has 3 heterocycles. The van der Waals surface area contributed by atoms with Crippen molar-refractivity contribution in [3.63, 3.8) is 0 Å². The number of hydrogen-bond acceptors (Lipinski definition) is 9. The zero-order chi connectivity index (χ0) is 22.1. The minimum atomic E-state index is -1.92. The Morgan fingerprint density at radius 1 is 1.50 bits per heavy atom. The summed E-state index contributed by atoms with van der Waals surface area (Å²) in [4.78, 5) is 21.9. The molecule has 11 nitrogen and oxygen atoms in total. The van der Waals surface area contributed by atoms with E-state index in [1.807, 2.05) is 20.2 Å². The Morgan fingerprint density at radius 2 is 2.23 bits per heavy atom. The molecule has 1 saturated heterocycles. The molecule has 1 aliphatic heterocycles. The molecule has 4 atom stereocenters. The third kappa shape index (κ3) is 3.72. The second-order valence-electron chi connectivity index (χ2n) is 7.53. The molecule has 2 aromatic heterocycles. The molecule has 2 N–H and O–H groups in total. The number of nitrogens with zero attached hydrogens (tertiary/aromatic N) is 6. The molecule has 0 amide bonds. The number of carbonyl (C=O) groups is 1. The fourth-order valence-corrected chi connectivity index (χ4v) is 3.12. The molecule has 160 valence electrons. The van der Waals surface area contributed by atoms with Crippen LogP contribution >= 0.6 is 0 Å². The lowest BCUT2D eigenvalue weighted by atomic mass is 9.92. The number of ether oxygens (including phenoxy) is 2. The molecule has 0 spiro atoms. The van der Waals surface area contributed by atoms with Crippen LogP contribution in [0.2, 0.25) is 0 Å². The van der Waals surface area contributed by atoms with Crippen LogP contribution in [0.5, 0.6) is 0 Å². The molecule has 30 heavy (non-hydrogen) atoms. The maximum absolute atomic E-state index is 11.7. The van der Waals surface area contributed by atoms with E-state index in [2.05, 4.69) is 15.1 Å². The zero-order valence-corrected chi connectivity index (χ0v) is 17.1. The number of rotatable bonds is 6. The number of aliphatic hydroxyl groups excluding tert-OH is 2. The van der Waals surface area contributed by atoms with Gasteiger partial charge in [0.25, 0.3) is 0 Å². The number of aliphatic imine (C=N–C) groups is 1. The highest BCUT2D eigenvalue weighted by molar-refractivity contribution is 5.72. The molecule has 0 radical (unpaired) electrons. The SMILES string of the molecule is CC(C)C(=O)OC[C@H]1O[C@@](C#N)(c2ccc3c(/N=C\N(C)C)ncnn23)[C@H](O)[C@@H]1O. The summed E-state index contributed by atoms with van der Waals surface area (Å²) >= 11 is 0. The average Bonchev–Trinajstić information content (AvgIpc) is 3.25. The summed E-state index contributed by atoms with van der Waals surface area (Å²) < 4.78 is 12.3. The van der Waals surface area contributed by atoms with Crippen LogP contribution in [0.1, 0.15) is 19.5 Å². The van der Waals surface area contributed by atoms with Crippen molar-refractivity contribution in [1.29, 1.82) is 5.26 Å². The van der Waals surface area contributed by atoms with E-state index in [1.54, 1.807) is 37.2 Å². The van der Waals surface area contributed by atoms with E-state index in [9.17, 15) is 20.3 Å². The topological polar surface area (TPSA) is 146 Å². The highest BCUT2D eigenvalue weighted by Gasteiger charge is 2.57. The van der Waals surface area contributed by atoms with Crippen molar-refractivity contribution in [3.8, 4) is 6.07 Å². The van der Waals surface area contributed by atoms with Crippen molar-refractivity contribution in [3.05, 3.63) is 24.2 Å². The summed E-state index contributed by atoms with van der Waals surface area (Å²) in [5.74, 6) is -0.478. The van der Waals surface area contributed by atoms with Gasteiger partial charge in [-0.2, -0.15) is 10.4 Å². The van der Waals surface area contributed by atoms with Crippen LogP contribution < -0.4 is 0 Å². The number of hydrogen-bond donors (Lipinski definition) is 2. The molecule has 0 aliphatic carbocycles. The highest BCUT2D eigenvalue weighted by Crippen LogP contribution is 2.40. The second kappa shape index (κ2) is 8.35. The number of aliphatic hydroxyl groups is 2. The van der Waals surface area contributed by atoms with Gasteiger partial charge in [-0.15, -0.1) is 0 Å². The predicted molar refractivity (Wildman–Crippen MR) is 105 cm³/mol. The Kier molecular flexibility index (Phi) is 6.02. The van der Waals surface area contributed by atoms with Crippen molar-refractivity contribution < 1.29 is 24.5 Å². The first-order chi connectivity index (χ1) is 14.2. The van der Waals surface area contributed by atoms with Crippen LogP contribution in [-0.4, -0.2) is 81.0 Å². The van der Waals surface area contributed by atoms with Crippen molar-refractivity contribution >= 4 is 23.6 Å². The summed E-state index contributed by atoms with van der Waals surface area (Å²) in [6.45, 7) is 3.05. The molecular weight excluding hydrogens is 392 g/mol. The van der Waals surface area contributed by atoms with Gasteiger partial charge in [-0.1, -0.05) is 13.8 Å². The number of carbonyl (C=O) groups excluding carboxylic acids is 1. The molecule has 11 heteroatoms. The summed E-state index contributed by atoms with van der Waals surface area (Å²) in [6, 6.07) is 5.16. The molecule has 0 unspecified atom stereocenters. The van der Waals surface area contributed by atoms with Gasteiger partial charge in [0.1, 0.15) is 42.8 Å². The first-order valence-corrected chi connectivity index (χ1v) is 9.37. The lowest BCUT2D eigenvalue weighted by Gasteiger charge is -2.24. The predicted octanol–water partition coefficient (Wildman–Crippen LogP) is -0.0106. The molecule has 3 rings (SSSR count). The van der Waals surface area contributed by atoms with Crippen LogP contribution in [-0.2, 0) is 19.9 Å². The van der Waals surface area contributed by atoms with Gasteiger partial charge >= 0.3 is 5.97 Å². The van der Waals surface area contributed by atoms with Gasteiger partial charge in [-0.25, -0.2) is 14.5 Å².